The number of benzene rings is 3. The molecule has 0 fully saturated rings. The van der Waals surface area contributed by atoms with Crippen LogP contribution in [-0.2, 0) is 17.8 Å². The van der Waals surface area contributed by atoms with E-state index in [-0.39, 0.29) is 5.91 Å². The molecular formula is C24H21ClI2N2O2. The van der Waals surface area contributed by atoms with Gasteiger partial charge in [0.05, 0.1) is 19.8 Å². The van der Waals surface area contributed by atoms with Crippen molar-refractivity contribution in [2.24, 2.45) is 5.10 Å². The number of carbonyl (C=O) groups excluding carboxylic acids is 1. The van der Waals surface area contributed by atoms with Crippen molar-refractivity contribution in [3.63, 3.8) is 0 Å². The van der Waals surface area contributed by atoms with E-state index in [0.717, 1.165) is 29.6 Å². The average Bonchev–Trinajstić information content (AvgIpc) is 2.71. The quantitative estimate of drug-likeness (QED) is 0.181. The van der Waals surface area contributed by atoms with Crippen LogP contribution >= 0.6 is 56.8 Å². The van der Waals surface area contributed by atoms with Gasteiger partial charge in [-0.3, -0.25) is 4.79 Å². The van der Waals surface area contributed by atoms with Crippen LogP contribution in [0.4, 0.5) is 0 Å². The summed E-state index contributed by atoms with van der Waals surface area (Å²) in [6.45, 7) is 4.56. The molecule has 0 saturated carbocycles. The zero-order chi connectivity index (χ0) is 22.4. The highest BCUT2D eigenvalue weighted by Gasteiger charge is 2.09. The maximum atomic E-state index is 12.2. The fraction of sp³-hybridized carbons (Fsp3) is 0.167. The highest BCUT2D eigenvalue weighted by atomic mass is 127. The van der Waals surface area contributed by atoms with Crippen molar-refractivity contribution >= 4 is 68.9 Å². The van der Waals surface area contributed by atoms with Crippen LogP contribution in [0, 0.1) is 21.0 Å². The van der Waals surface area contributed by atoms with Gasteiger partial charge in [-0.1, -0.05) is 41.9 Å². The minimum atomic E-state index is -0.146. The predicted octanol–water partition coefficient (Wildman–Crippen LogP) is 6.44. The molecule has 160 valence electrons. The van der Waals surface area contributed by atoms with Crippen molar-refractivity contribution in [1.29, 1.82) is 0 Å². The molecule has 1 N–H and O–H groups in total. The van der Waals surface area contributed by atoms with Gasteiger partial charge in [0.25, 0.3) is 0 Å². The second kappa shape index (κ2) is 11.3. The first-order valence-electron chi connectivity index (χ1n) is 9.56. The largest absolute Gasteiger partial charge is 0.487 e. The smallest absolute Gasteiger partial charge is 0.244 e. The molecule has 4 nitrogen and oxygen atoms in total. The molecule has 3 rings (SSSR count). The van der Waals surface area contributed by atoms with E-state index < -0.39 is 0 Å². The third-order valence-corrected chi connectivity index (χ3v) is 6.51. The monoisotopic (exact) mass is 658 g/mol. The predicted molar refractivity (Wildman–Crippen MR) is 143 cm³/mol. The van der Waals surface area contributed by atoms with E-state index in [0.29, 0.717) is 18.1 Å². The Bertz CT molecular complexity index is 1090. The third kappa shape index (κ3) is 7.18. The summed E-state index contributed by atoms with van der Waals surface area (Å²) in [5.41, 5.74) is 7.91. The summed E-state index contributed by atoms with van der Waals surface area (Å²) in [5, 5.41) is 4.81. The molecule has 0 spiro atoms. The zero-order valence-corrected chi connectivity index (χ0v) is 22.2. The molecule has 3 aromatic carbocycles. The standard InChI is InChI=1S/C24H21ClI2N2O2/c1-15-3-4-18(9-16(15)2)12-23(30)29-28-13-19-10-21(26)24(22(27)11-19)31-14-17-5-7-20(25)8-6-17/h3-11,13H,12,14H2,1-2H3,(H,29,30). The van der Waals surface area contributed by atoms with Crippen LogP contribution < -0.4 is 10.2 Å². The average molecular weight is 659 g/mol. The van der Waals surface area contributed by atoms with E-state index in [1.54, 1.807) is 6.21 Å². The maximum Gasteiger partial charge on any atom is 0.244 e. The lowest BCUT2D eigenvalue weighted by atomic mass is 10.0. The Balaban J connectivity index is 1.58. The maximum absolute atomic E-state index is 12.2. The van der Waals surface area contributed by atoms with Gasteiger partial charge in [0, 0.05) is 5.02 Å². The van der Waals surface area contributed by atoms with Crippen molar-refractivity contribution in [1.82, 2.24) is 5.43 Å². The van der Waals surface area contributed by atoms with Gasteiger partial charge in [0.15, 0.2) is 0 Å². The van der Waals surface area contributed by atoms with Crippen LogP contribution in [0.3, 0.4) is 0 Å². The number of hydrogen-bond donors (Lipinski definition) is 1. The van der Waals surface area contributed by atoms with Gasteiger partial charge < -0.3 is 4.74 Å². The van der Waals surface area contributed by atoms with Crippen molar-refractivity contribution in [3.05, 3.63) is 94.6 Å². The fourth-order valence-corrected chi connectivity index (χ4v) is 5.10. The molecule has 7 heteroatoms. The number of nitrogens with one attached hydrogen (secondary N) is 1. The van der Waals surface area contributed by atoms with Gasteiger partial charge in [-0.2, -0.15) is 5.10 Å². The fourth-order valence-electron chi connectivity index (χ4n) is 2.85. The van der Waals surface area contributed by atoms with Crippen LogP contribution in [0.1, 0.15) is 27.8 Å². The molecule has 0 aliphatic carbocycles. The summed E-state index contributed by atoms with van der Waals surface area (Å²) in [6, 6.07) is 17.6. The second-order valence-electron chi connectivity index (χ2n) is 7.12. The Kier molecular flexibility index (Phi) is 8.74. The number of hydrazone groups is 1. The molecule has 0 saturated heterocycles. The minimum absolute atomic E-state index is 0.146. The summed E-state index contributed by atoms with van der Waals surface area (Å²) in [4.78, 5) is 12.2. The number of ether oxygens (including phenoxy) is 1. The Labute approximate surface area is 214 Å². The third-order valence-electron chi connectivity index (χ3n) is 4.66. The molecule has 0 aliphatic rings. The Morgan fingerprint density at radius 1 is 1.00 bits per heavy atom. The number of carbonyl (C=O) groups is 1. The Morgan fingerprint density at radius 3 is 2.29 bits per heavy atom. The Morgan fingerprint density at radius 2 is 1.65 bits per heavy atom. The summed E-state index contributed by atoms with van der Waals surface area (Å²) in [6.07, 6.45) is 1.94. The summed E-state index contributed by atoms with van der Waals surface area (Å²) >= 11 is 10.4. The molecule has 0 unspecified atom stereocenters. The second-order valence-corrected chi connectivity index (χ2v) is 9.88. The van der Waals surface area contributed by atoms with E-state index in [2.05, 4.69) is 62.6 Å². The highest BCUT2D eigenvalue weighted by Crippen LogP contribution is 2.29. The molecule has 1 amide bonds. The van der Waals surface area contributed by atoms with Crippen LogP contribution in [0.25, 0.3) is 0 Å². The molecule has 3 aromatic rings. The van der Waals surface area contributed by atoms with E-state index in [1.807, 2.05) is 61.5 Å². The van der Waals surface area contributed by atoms with Crippen LogP contribution in [0.5, 0.6) is 5.75 Å². The molecule has 0 bridgehead atoms. The first kappa shape index (κ1) is 24.0. The SMILES string of the molecule is Cc1ccc(CC(=O)NN=Cc2cc(I)c(OCc3ccc(Cl)cc3)c(I)c2)cc1C. The molecule has 0 heterocycles. The zero-order valence-electron chi connectivity index (χ0n) is 17.1. The van der Waals surface area contributed by atoms with Crippen LogP contribution in [0.15, 0.2) is 59.7 Å². The topological polar surface area (TPSA) is 50.7 Å². The van der Waals surface area contributed by atoms with Gasteiger partial charge >= 0.3 is 0 Å². The molecular weight excluding hydrogens is 638 g/mol. The summed E-state index contributed by atoms with van der Waals surface area (Å²) in [7, 11) is 0. The van der Waals surface area contributed by atoms with Crippen molar-refractivity contribution < 1.29 is 9.53 Å². The molecule has 0 aromatic heterocycles. The lowest BCUT2D eigenvalue weighted by Gasteiger charge is -2.11. The van der Waals surface area contributed by atoms with E-state index in [4.69, 9.17) is 16.3 Å². The van der Waals surface area contributed by atoms with Crippen LogP contribution in [0.2, 0.25) is 5.02 Å². The van der Waals surface area contributed by atoms with Gasteiger partial charge in [0.2, 0.25) is 5.91 Å². The van der Waals surface area contributed by atoms with Crippen molar-refractivity contribution in [2.45, 2.75) is 26.9 Å². The first-order chi connectivity index (χ1) is 14.8. The molecule has 0 radical (unpaired) electrons. The lowest BCUT2D eigenvalue weighted by molar-refractivity contribution is -0.120. The molecule has 0 aliphatic heterocycles. The van der Waals surface area contributed by atoms with Crippen molar-refractivity contribution in [3.8, 4) is 5.75 Å². The minimum Gasteiger partial charge on any atom is -0.487 e. The van der Waals surface area contributed by atoms with E-state index in [9.17, 15) is 4.79 Å². The van der Waals surface area contributed by atoms with Gasteiger partial charge in [-0.25, -0.2) is 5.43 Å². The summed E-state index contributed by atoms with van der Waals surface area (Å²) in [5.74, 6) is 0.680. The highest BCUT2D eigenvalue weighted by molar-refractivity contribution is 14.1. The van der Waals surface area contributed by atoms with Crippen LogP contribution in [-0.4, -0.2) is 12.1 Å². The lowest BCUT2D eigenvalue weighted by Crippen LogP contribution is -2.19. The molecule has 0 atom stereocenters. The van der Waals surface area contributed by atoms with E-state index >= 15 is 0 Å². The van der Waals surface area contributed by atoms with E-state index in [1.165, 1.54) is 11.1 Å². The number of halogens is 3. The number of rotatable bonds is 7. The Hall–Kier alpha value is -1.65. The normalized spacial score (nSPS) is 11.0. The van der Waals surface area contributed by atoms with Gasteiger partial charge in [0.1, 0.15) is 12.4 Å². The van der Waals surface area contributed by atoms with Gasteiger partial charge in [-0.15, -0.1) is 0 Å². The van der Waals surface area contributed by atoms with Crippen molar-refractivity contribution in [2.75, 3.05) is 0 Å². The summed E-state index contributed by atoms with van der Waals surface area (Å²) < 4.78 is 7.95. The van der Waals surface area contributed by atoms with Gasteiger partial charge in [-0.05, 0) is 111 Å². The number of aryl methyl sites for hydroxylation is 2. The molecule has 31 heavy (non-hydrogen) atoms. The number of amides is 1. The first-order valence-corrected chi connectivity index (χ1v) is 12.1. The number of hydrogen-bond acceptors (Lipinski definition) is 3. The number of nitrogens with zero attached hydrogens (tertiary/aromatic N) is 1.